The molecule has 0 aromatic carbocycles. The molecule has 3 rings (SSSR count). The van der Waals surface area contributed by atoms with E-state index in [1.807, 2.05) is 6.92 Å². The molecule has 3 fully saturated rings. The highest BCUT2D eigenvalue weighted by Crippen LogP contribution is 2.64. The standard InChI is InChI=1S/C24H39NO5/c1-15(2)9-11-25-22(29)18-7-6-17-16-5-8-20(28)23(3,10-12-30-14-26)21(16)19(27)13-24(17,18)4/h14-19,21,27H,5-13H2,1-4H3,(H,25,29)/t16?,17?,18-,19+,21?,23+,24+/m1/s1. The van der Waals surface area contributed by atoms with Gasteiger partial charge in [0.25, 0.3) is 6.47 Å². The highest BCUT2D eigenvalue weighted by molar-refractivity contribution is 5.86. The van der Waals surface area contributed by atoms with Crippen molar-refractivity contribution in [1.82, 2.24) is 5.32 Å². The quantitative estimate of drug-likeness (QED) is 0.464. The zero-order chi connectivity index (χ0) is 22.1. The van der Waals surface area contributed by atoms with E-state index in [1.54, 1.807) is 0 Å². The van der Waals surface area contributed by atoms with Crippen molar-refractivity contribution >= 4 is 18.2 Å². The second-order valence-electron chi connectivity index (χ2n) is 10.8. The molecule has 0 bridgehead atoms. The number of amides is 1. The van der Waals surface area contributed by atoms with E-state index in [9.17, 15) is 19.5 Å². The van der Waals surface area contributed by atoms with Crippen LogP contribution in [0.2, 0.25) is 0 Å². The SMILES string of the molecule is CC(C)CCNC(=O)[C@H]1CCC2C3CCC(=O)[C@](C)(CCOC=O)C3[C@@H](O)C[C@@]21C. The first-order valence-electron chi connectivity index (χ1n) is 11.7. The lowest BCUT2D eigenvalue weighted by molar-refractivity contribution is -0.168. The summed E-state index contributed by atoms with van der Waals surface area (Å²) >= 11 is 0. The third-order valence-electron chi connectivity index (χ3n) is 8.67. The van der Waals surface area contributed by atoms with Crippen molar-refractivity contribution in [2.24, 2.45) is 40.4 Å². The van der Waals surface area contributed by atoms with Gasteiger partial charge in [-0.15, -0.1) is 0 Å². The van der Waals surface area contributed by atoms with Gasteiger partial charge < -0.3 is 15.2 Å². The van der Waals surface area contributed by atoms with Crippen molar-refractivity contribution in [1.29, 1.82) is 0 Å². The Morgan fingerprint density at radius 2 is 2.03 bits per heavy atom. The lowest BCUT2D eigenvalue weighted by Crippen LogP contribution is -2.59. The van der Waals surface area contributed by atoms with Crippen LogP contribution in [0.1, 0.15) is 72.6 Å². The molecule has 30 heavy (non-hydrogen) atoms. The van der Waals surface area contributed by atoms with Crippen LogP contribution < -0.4 is 5.32 Å². The maximum atomic E-state index is 13.0. The predicted molar refractivity (Wildman–Crippen MR) is 113 cm³/mol. The normalized spacial score (nSPS) is 40.6. The Bertz CT molecular complexity index is 664. The second-order valence-corrected chi connectivity index (χ2v) is 10.8. The summed E-state index contributed by atoms with van der Waals surface area (Å²) in [4.78, 5) is 36.5. The van der Waals surface area contributed by atoms with Crippen LogP contribution in [0.4, 0.5) is 0 Å². The molecule has 0 heterocycles. The van der Waals surface area contributed by atoms with E-state index in [0.717, 1.165) is 25.7 Å². The van der Waals surface area contributed by atoms with Crippen molar-refractivity contribution in [3.63, 3.8) is 0 Å². The maximum Gasteiger partial charge on any atom is 0.293 e. The Morgan fingerprint density at radius 3 is 2.70 bits per heavy atom. The van der Waals surface area contributed by atoms with Crippen LogP contribution in [-0.2, 0) is 19.1 Å². The minimum Gasteiger partial charge on any atom is -0.468 e. The van der Waals surface area contributed by atoms with E-state index in [2.05, 4.69) is 26.1 Å². The fraction of sp³-hybridized carbons (Fsp3) is 0.875. The van der Waals surface area contributed by atoms with E-state index in [0.29, 0.717) is 44.1 Å². The van der Waals surface area contributed by atoms with Crippen LogP contribution >= 0.6 is 0 Å². The van der Waals surface area contributed by atoms with Crippen LogP contribution in [0.25, 0.3) is 0 Å². The molecule has 6 heteroatoms. The van der Waals surface area contributed by atoms with Gasteiger partial charge in [0, 0.05) is 30.2 Å². The summed E-state index contributed by atoms with van der Waals surface area (Å²) in [5, 5.41) is 14.4. The predicted octanol–water partition coefficient (Wildman–Crippen LogP) is 3.11. The second kappa shape index (κ2) is 8.97. The molecule has 0 radical (unpaired) electrons. The number of ether oxygens (including phenoxy) is 1. The van der Waals surface area contributed by atoms with Crippen molar-refractivity contribution in [2.45, 2.75) is 78.7 Å². The van der Waals surface area contributed by atoms with Crippen LogP contribution in [-0.4, -0.2) is 42.5 Å². The Labute approximate surface area is 180 Å². The molecule has 2 N–H and O–H groups in total. The first-order valence-corrected chi connectivity index (χ1v) is 11.7. The van der Waals surface area contributed by atoms with Crippen molar-refractivity contribution < 1.29 is 24.2 Å². The average Bonchev–Trinajstić information content (AvgIpc) is 3.01. The summed E-state index contributed by atoms with van der Waals surface area (Å²) < 4.78 is 4.91. The molecule has 3 saturated carbocycles. The first kappa shape index (κ1) is 23.2. The molecule has 0 spiro atoms. The number of hydrogen-bond acceptors (Lipinski definition) is 5. The lowest BCUT2D eigenvalue weighted by atomic mass is 9.47. The van der Waals surface area contributed by atoms with E-state index in [1.165, 1.54) is 0 Å². The number of fused-ring (bicyclic) bond motifs is 3. The number of aliphatic hydroxyl groups excluding tert-OH is 1. The summed E-state index contributed by atoms with van der Waals surface area (Å²) in [5.41, 5.74) is -0.909. The number of Topliss-reactive ketones (excluding diaryl/α,β-unsaturated/α-hetero) is 1. The van der Waals surface area contributed by atoms with Gasteiger partial charge in [-0.1, -0.05) is 27.7 Å². The highest BCUT2D eigenvalue weighted by atomic mass is 16.5. The summed E-state index contributed by atoms with van der Waals surface area (Å²) in [5.74, 6) is 1.21. The highest BCUT2D eigenvalue weighted by Gasteiger charge is 2.63. The van der Waals surface area contributed by atoms with E-state index >= 15 is 0 Å². The molecule has 3 unspecified atom stereocenters. The molecule has 0 saturated heterocycles. The third-order valence-corrected chi connectivity index (χ3v) is 8.67. The zero-order valence-electron chi connectivity index (χ0n) is 19.0. The number of aliphatic hydroxyl groups is 1. The average molecular weight is 422 g/mol. The Balaban J connectivity index is 1.78. The van der Waals surface area contributed by atoms with E-state index < -0.39 is 11.5 Å². The molecule has 7 atom stereocenters. The fourth-order valence-electron chi connectivity index (χ4n) is 7.08. The van der Waals surface area contributed by atoms with E-state index in [-0.39, 0.29) is 41.5 Å². The van der Waals surface area contributed by atoms with Gasteiger partial charge in [0.15, 0.2) is 0 Å². The molecule has 3 aliphatic carbocycles. The van der Waals surface area contributed by atoms with Crippen LogP contribution in [0.15, 0.2) is 0 Å². The Morgan fingerprint density at radius 1 is 1.30 bits per heavy atom. The van der Waals surface area contributed by atoms with Crippen LogP contribution in [0.5, 0.6) is 0 Å². The van der Waals surface area contributed by atoms with Gasteiger partial charge in [-0.3, -0.25) is 14.4 Å². The smallest absolute Gasteiger partial charge is 0.293 e. The van der Waals surface area contributed by atoms with Gasteiger partial charge in [-0.25, -0.2) is 0 Å². The van der Waals surface area contributed by atoms with Crippen LogP contribution in [0.3, 0.4) is 0 Å². The largest absolute Gasteiger partial charge is 0.468 e. The summed E-state index contributed by atoms with van der Waals surface area (Å²) in [6.07, 6.45) is 4.46. The van der Waals surface area contributed by atoms with Crippen molar-refractivity contribution in [3.05, 3.63) is 0 Å². The van der Waals surface area contributed by atoms with Crippen LogP contribution in [0, 0.1) is 40.4 Å². The lowest BCUT2D eigenvalue weighted by Gasteiger charge is -2.57. The van der Waals surface area contributed by atoms with Crippen molar-refractivity contribution in [3.8, 4) is 0 Å². The number of carbonyl (C=O) groups is 3. The first-order chi connectivity index (χ1) is 14.1. The van der Waals surface area contributed by atoms with Gasteiger partial charge in [0.1, 0.15) is 5.78 Å². The fourth-order valence-corrected chi connectivity index (χ4v) is 7.08. The summed E-state index contributed by atoms with van der Waals surface area (Å²) in [6.45, 7) is 9.74. The number of rotatable bonds is 8. The molecule has 0 aromatic heterocycles. The molecule has 6 nitrogen and oxygen atoms in total. The minimum absolute atomic E-state index is 0.0763. The van der Waals surface area contributed by atoms with Gasteiger partial charge in [-0.05, 0) is 61.7 Å². The van der Waals surface area contributed by atoms with Gasteiger partial charge >= 0.3 is 0 Å². The molecule has 1 amide bonds. The molecule has 170 valence electrons. The Hall–Kier alpha value is -1.43. The molecule has 3 aliphatic rings. The molecular formula is C24H39NO5. The molecule has 0 aliphatic heterocycles. The minimum atomic E-state index is -0.676. The van der Waals surface area contributed by atoms with Gasteiger partial charge in [-0.2, -0.15) is 0 Å². The topological polar surface area (TPSA) is 92.7 Å². The van der Waals surface area contributed by atoms with Gasteiger partial charge in [0.2, 0.25) is 5.91 Å². The maximum absolute atomic E-state index is 13.0. The number of hydrogen-bond donors (Lipinski definition) is 2. The molecular weight excluding hydrogens is 382 g/mol. The van der Waals surface area contributed by atoms with E-state index in [4.69, 9.17) is 4.74 Å². The monoisotopic (exact) mass is 421 g/mol. The summed E-state index contributed by atoms with van der Waals surface area (Å²) in [6, 6.07) is 0. The number of nitrogens with one attached hydrogen (secondary N) is 1. The third kappa shape index (κ3) is 4.04. The summed E-state index contributed by atoms with van der Waals surface area (Å²) in [7, 11) is 0. The number of ketones is 1. The number of carbonyl (C=O) groups excluding carboxylic acids is 3. The van der Waals surface area contributed by atoms with Crippen molar-refractivity contribution in [2.75, 3.05) is 13.2 Å². The zero-order valence-corrected chi connectivity index (χ0v) is 19.0. The Kier molecular flexibility index (Phi) is 6.95. The van der Waals surface area contributed by atoms with Gasteiger partial charge in [0.05, 0.1) is 12.7 Å². The molecule has 0 aromatic rings.